The molecule has 4 atom stereocenters. The van der Waals surface area contributed by atoms with E-state index in [9.17, 15) is 15.3 Å². The summed E-state index contributed by atoms with van der Waals surface area (Å²) in [7, 11) is 0. The molecule has 1 heterocycles. The van der Waals surface area contributed by atoms with Crippen LogP contribution in [0.4, 0.5) is 0 Å². The van der Waals surface area contributed by atoms with E-state index < -0.39 is 24.4 Å². The van der Waals surface area contributed by atoms with Crippen LogP contribution in [0.5, 0.6) is 0 Å². The number of unbranched alkanes of at least 4 members (excludes halogenated alkanes) is 12. The zero-order valence-corrected chi connectivity index (χ0v) is 18.6. The maximum absolute atomic E-state index is 9.95. The second kappa shape index (κ2) is 18.3. The molecule has 29 heavy (non-hydrogen) atoms. The van der Waals surface area contributed by atoms with Crippen molar-refractivity contribution in [3.63, 3.8) is 0 Å². The zero-order chi connectivity index (χ0) is 21.2. The number of aliphatic hydroxyl groups is 3. The van der Waals surface area contributed by atoms with Crippen LogP contribution in [0, 0.1) is 0 Å². The summed E-state index contributed by atoms with van der Waals surface area (Å²) in [5.74, 6) is 0. The molecular weight excluding hydrogens is 368 g/mol. The predicted molar refractivity (Wildman–Crippen MR) is 118 cm³/mol. The Labute approximate surface area is 178 Å². The number of aliphatic hydroxyl groups excluding tert-OH is 3. The molecule has 0 spiro atoms. The van der Waals surface area contributed by atoms with Gasteiger partial charge in [0.1, 0.15) is 24.4 Å². The summed E-state index contributed by atoms with van der Waals surface area (Å²) >= 11 is 0. The Morgan fingerprint density at radius 2 is 1.41 bits per heavy atom. The Morgan fingerprint density at radius 3 is 1.97 bits per heavy atom. The van der Waals surface area contributed by atoms with Crippen molar-refractivity contribution >= 4 is 0 Å². The maximum atomic E-state index is 9.95. The van der Waals surface area contributed by atoms with Gasteiger partial charge in [-0.25, -0.2) is 0 Å². The number of allylic oxidation sites excluding steroid dienone is 2. The lowest BCUT2D eigenvalue weighted by Crippen LogP contribution is -2.40. The lowest BCUT2D eigenvalue weighted by Gasteiger charge is -2.20. The molecule has 3 N–H and O–H groups in total. The molecule has 0 aromatic carbocycles. The van der Waals surface area contributed by atoms with E-state index in [2.05, 4.69) is 19.1 Å². The fraction of sp³-hybridized carbons (Fsp3) is 0.917. The van der Waals surface area contributed by atoms with Gasteiger partial charge in [0.15, 0.2) is 0 Å². The number of ether oxygens (including phenoxy) is 2. The molecule has 0 aromatic rings. The summed E-state index contributed by atoms with van der Waals surface area (Å²) < 4.78 is 10.7. The fourth-order valence-electron chi connectivity index (χ4n) is 3.72. The third-order valence-corrected chi connectivity index (χ3v) is 5.66. The highest BCUT2D eigenvalue weighted by Gasteiger charge is 2.39. The Morgan fingerprint density at radius 1 is 0.862 bits per heavy atom. The van der Waals surface area contributed by atoms with E-state index in [4.69, 9.17) is 9.47 Å². The molecule has 0 amide bonds. The van der Waals surface area contributed by atoms with Crippen LogP contribution in [0.15, 0.2) is 12.2 Å². The topological polar surface area (TPSA) is 79.2 Å². The molecule has 0 saturated carbocycles. The van der Waals surface area contributed by atoms with Gasteiger partial charge in [-0.15, -0.1) is 0 Å². The third kappa shape index (κ3) is 13.5. The smallest absolute Gasteiger partial charge is 0.114 e. The van der Waals surface area contributed by atoms with Crippen molar-refractivity contribution in [2.75, 3.05) is 19.8 Å². The molecular formula is C24H46O5. The van der Waals surface area contributed by atoms with Crippen LogP contribution in [0.25, 0.3) is 0 Å². The minimum absolute atomic E-state index is 0.0682. The van der Waals surface area contributed by atoms with Crippen LogP contribution in [0.1, 0.15) is 96.8 Å². The van der Waals surface area contributed by atoms with Gasteiger partial charge in [-0.3, -0.25) is 0 Å². The van der Waals surface area contributed by atoms with E-state index in [1.807, 2.05) is 0 Å². The summed E-state index contributed by atoms with van der Waals surface area (Å²) in [5, 5.41) is 29.0. The van der Waals surface area contributed by atoms with Crippen molar-refractivity contribution in [2.24, 2.45) is 0 Å². The number of hydrogen-bond acceptors (Lipinski definition) is 5. The number of hydrogen-bond donors (Lipinski definition) is 3. The van der Waals surface area contributed by atoms with Gasteiger partial charge in [0.25, 0.3) is 0 Å². The molecule has 0 bridgehead atoms. The van der Waals surface area contributed by atoms with Crippen molar-refractivity contribution in [2.45, 2.75) is 121 Å². The average molecular weight is 415 g/mol. The van der Waals surface area contributed by atoms with E-state index in [-0.39, 0.29) is 13.2 Å². The molecule has 1 aliphatic heterocycles. The predicted octanol–water partition coefficient (Wildman–Crippen LogP) is 4.52. The highest BCUT2D eigenvalue weighted by molar-refractivity contribution is 4.87. The van der Waals surface area contributed by atoms with Crippen LogP contribution >= 0.6 is 0 Å². The van der Waals surface area contributed by atoms with E-state index in [1.54, 1.807) is 0 Å². The van der Waals surface area contributed by atoms with Crippen molar-refractivity contribution in [1.29, 1.82) is 0 Å². The van der Waals surface area contributed by atoms with Crippen molar-refractivity contribution in [1.82, 2.24) is 0 Å². The molecule has 1 rings (SSSR count). The molecule has 1 aliphatic rings. The molecule has 5 heteroatoms. The first-order valence-electron chi connectivity index (χ1n) is 12.0. The van der Waals surface area contributed by atoms with Gasteiger partial charge >= 0.3 is 0 Å². The lowest BCUT2D eigenvalue weighted by molar-refractivity contribution is -0.0813. The summed E-state index contributed by atoms with van der Waals surface area (Å²) in [6, 6.07) is 0. The quantitative estimate of drug-likeness (QED) is 0.214. The Balaban J connectivity index is 1.77. The van der Waals surface area contributed by atoms with Crippen LogP contribution in [-0.4, -0.2) is 59.6 Å². The molecule has 0 radical (unpaired) electrons. The van der Waals surface area contributed by atoms with Crippen molar-refractivity contribution in [3.8, 4) is 0 Å². The SMILES string of the molecule is CCCCCC/C=C/CCCCCCCCCCOC[C@H](O)[C@@H]1OC[C@@H](O)[C@@H]1O. The summed E-state index contributed by atoms with van der Waals surface area (Å²) in [4.78, 5) is 0. The van der Waals surface area contributed by atoms with Gasteiger partial charge in [-0.05, 0) is 32.1 Å². The normalized spacial score (nSPS) is 23.2. The number of rotatable bonds is 19. The lowest BCUT2D eigenvalue weighted by atomic mass is 10.1. The van der Waals surface area contributed by atoms with Gasteiger partial charge in [-0.2, -0.15) is 0 Å². The van der Waals surface area contributed by atoms with E-state index >= 15 is 0 Å². The van der Waals surface area contributed by atoms with E-state index in [0.29, 0.717) is 6.61 Å². The van der Waals surface area contributed by atoms with Crippen LogP contribution in [-0.2, 0) is 9.47 Å². The molecule has 172 valence electrons. The minimum atomic E-state index is -1.03. The highest BCUT2D eigenvalue weighted by Crippen LogP contribution is 2.18. The minimum Gasteiger partial charge on any atom is -0.388 e. The van der Waals surface area contributed by atoms with Gasteiger partial charge in [0.2, 0.25) is 0 Å². The summed E-state index contributed by atoms with van der Waals surface area (Å²) in [6.45, 7) is 3.08. The van der Waals surface area contributed by atoms with E-state index in [1.165, 1.54) is 77.0 Å². The molecule has 0 unspecified atom stereocenters. The Bertz CT molecular complexity index is 387. The van der Waals surface area contributed by atoms with E-state index in [0.717, 1.165) is 12.8 Å². The van der Waals surface area contributed by atoms with Crippen LogP contribution in [0.3, 0.4) is 0 Å². The monoisotopic (exact) mass is 414 g/mol. The van der Waals surface area contributed by atoms with Crippen LogP contribution < -0.4 is 0 Å². The van der Waals surface area contributed by atoms with Crippen molar-refractivity contribution in [3.05, 3.63) is 12.2 Å². The first kappa shape index (κ1) is 26.6. The van der Waals surface area contributed by atoms with Gasteiger partial charge < -0.3 is 24.8 Å². The third-order valence-electron chi connectivity index (χ3n) is 5.66. The first-order valence-corrected chi connectivity index (χ1v) is 12.0. The standard InChI is InChI=1S/C24H46O5/c1-2-3-4-5-6-7-8-9-10-11-12-13-14-15-16-17-18-28-19-22(26)24-23(27)21(25)20-29-24/h7-8,21-27H,2-6,9-20H2,1H3/b8-7+/t21-,22+,23+,24+/m1/s1. The Hall–Kier alpha value is -0.460. The average Bonchev–Trinajstić information content (AvgIpc) is 3.05. The van der Waals surface area contributed by atoms with Gasteiger partial charge in [-0.1, -0.05) is 76.9 Å². The molecule has 0 aromatic heterocycles. The second-order valence-corrected chi connectivity index (χ2v) is 8.44. The first-order chi connectivity index (χ1) is 14.2. The molecule has 5 nitrogen and oxygen atoms in total. The largest absolute Gasteiger partial charge is 0.388 e. The molecule has 1 fully saturated rings. The highest BCUT2D eigenvalue weighted by atomic mass is 16.5. The fourth-order valence-corrected chi connectivity index (χ4v) is 3.72. The van der Waals surface area contributed by atoms with Gasteiger partial charge in [0, 0.05) is 6.61 Å². The molecule has 1 saturated heterocycles. The summed E-state index contributed by atoms with van der Waals surface area (Å²) in [5.41, 5.74) is 0. The summed E-state index contributed by atoms with van der Waals surface area (Å²) in [6.07, 6.45) is 19.0. The van der Waals surface area contributed by atoms with Crippen molar-refractivity contribution < 1.29 is 24.8 Å². The zero-order valence-electron chi connectivity index (χ0n) is 18.6. The Kier molecular flexibility index (Phi) is 16.8. The second-order valence-electron chi connectivity index (χ2n) is 8.44. The van der Waals surface area contributed by atoms with Gasteiger partial charge in [0.05, 0.1) is 13.2 Å². The maximum Gasteiger partial charge on any atom is 0.114 e. The van der Waals surface area contributed by atoms with Crippen LogP contribution in [0.2, 0.25) is 0 Å². The molecule has 0 aliphatic carbocycles.